The van der Waals surface area contributed by atoms with Crippen molar-refractivity contribution < 1.29 is 17.9 Å². The van der Waals surface area contributed by atoms with Gasteiger partial charge in [0, 0.05) is 25.9 Å². The molecule has 0 radical (unpaired) electrons. The Morgan fingerprint density at radius 3 is 2.74 bits per heavy atom. The Labute approximate surface area is 163 Å². The van der Waals surface area contributed by atoms with Crippen molar-refractivity contribution in [3.05, 3.63) is 24.3 Å². The van der Waals surface area contributed by atoms with E-state index in [-0.39, 0.29) is 16.8 Å². The molecule has 1 aromatic rings. The molecule has 1 atom stereocenters. The van der Waals surface area contributed by atoms with Gasteiger partial charge in [-0.3, -0.25) is 9.69 Å². The maximum absolute atomic E-state index is 12.8. The van der Waals surface area contributed by atoms with E-state index in [1.54, 1.807) is 23.1 Å². The largest absolute Gasteiger partial charge is 0.493 e. The topological polar surface area (TPSA) is 66.9 Å². The predicted octanol–water partition coefficient (Wildman–Crippen LogP) is 2.58. The van der Waals surface area contributed by atoms with E-state index in [9.17, 15) is 13.2 Å². The normalized spacial score (nSPS) is 18.5. The minimum atomic E-state index is -3.24. The molecule has 0 bridgehead atoms. The number of ether oxygens (including phenoxy) is 1. The van der Waals surface area contributed by atoms with Gasteiger partial charge in [0.25, 0.3) is 0 Å². The predicted molar refractivity (Wildman–Crippen MR) is 107 cm³/mol. The van der Waals surface area contributed by atoms with E-state index >= 15 is 0 Å². The third-order valence-electron chi connectivity index (χ3n) is 5.01. The van der Waals surface area contributed by atoms with E-state index in [0.29, 0.717) is 31.4 Å². The highest BCUT2D eigenvalue weighted by molar-refractivity contribution is 7.90. The van der Waals surface area contributed by atoms with Crippen molar-refractivity contribution >= 4 is 15.7 Å². The first-order valence-corrected chi connectivity index (χ1v) is 11.5. The molecular formula is C20H32N2O4S. The Kier molecular flexibility index (Phi) is 7.68. The number of nitrogens with zero attached hydrogens (tertiary/aromatic N) is 2. The molecule has 7 heteroatoms. The lowest BCUT2D eigenvalue weighted by molar-refractivity contribution is -0.138. The molecule has 2 rings (SSSR count). The monoisotopic (exact) mass is 396 g/mol. The number of amides is 1. The molecule has 1 aromatic carbocycles. The Morgan fingerprint density at radius 1 is 1.33 bits per heavy atom. The van der Waals surface area contributed by atoms with Gasteiger partial charge in [-0.2, -0.15) is 0 Å². The van der Waals surface area contributed by atoms with Crippen molar-refractivity contribution in [2.24, 2.45) is 0 Å². The zero-order valence-corrected chi connectivity index (χ0v) is 17.7. The summed E-state index contributed by atoms with van der Waals surface area (Å²) in [6, 6.07) is 6.86. The summed E-state index contributed by atoms with van der Waals surface area (Å²) in [5.74, 6) is 0.715. The van der Waals surface area contributed by atoms with Crippen molar-refractivity contribution in [2.45, 2.75) is 56.5 Å². The van der Waals surface area contributed by atoms with Crippen molar-refractivity contribution in [1.82, 2.24) is 9.80 Å². The van der Waals surface area contributed by atoms with E-state index in [0.717, 1.165) is 25.8 Å². The van der Waals surface area contributed by atoms with Crippen LogP contribution >= 0.6 is 0 Å². The third kappa shape index (κ3) is 6.21. The van der Waals surface area contributed by atoms with E-state index in [4.69, 9.17) is 4.74 Å². The second-order valence-corrected chi connectivity index (χ2v) is 9.57. The van der Waals surface area contributed by atoms with Gasteiger partial charge in [0.05, 0.1) is 17.5 Å². The van der Waals surface area contributed by atoms with Crippen LogP contribution in [0.1, 0.15) is 39.5 Å². The first-order valence-electron chi connectivity index (χ1n) is 9.64. The van der Waals surface area contributed by atoms with Crippen molar-refractivity contribution in [1.29, 1.82) is 0 Å². The molecule has 0 saturated carbocycles. The van der Waals surface area contributed by atoms with E-state index in [1.165, 1.54) is 12.3 Å². The molecular weight excluding hydrogens is 364 g/mol. The fourth-order valence-corrected chi connectivity index (χ4v) is 4.14. The Balaban J connectivity index is 1.82. The quantitative estimate of drug-likeness (QED) is 0.632. The number of carbonyl (C=O) groups excluding carboxylic acids is 1. The number of piperidine rings is 1. The first kappa shape index (κ1) is 21.7. The summed E-state index contributed by atoms with van der Waals surface area (Å²) in [4.78, 5) is 17.2. The van der Waals surface area contributed by atoms with Crippen LogP contribution in [0.5, 0.6) is 5.75 Å². The maximum atomic E-state index is 12.8. The second-order valence-electron chi connectivity index (χ2n) is 7.55. The Hall–Kier alpha value is -1.60. The number of likely N-dealkylation sites (tertiary alicyclic amines) is 1. The van der Waals surface area contributed by atoms with Crippen LogP contribution in [-0.4, -0.2) is 69.2 Å². The van der Waals surface area contributed by atoms with Gasteiger partial charge in [0.2, 0.25) is 5.91 Å². The van der Waals surface area contributed by atoms with Gasteiger partial charge < -0.3 is 9.64 Å². The van der Waals surface area contributed by atoms with E-state index in [1.807, 2.05) is 7.05 Å². The molecule has 1 saturated heterocycles. The van der Waals surface area contributed by atoms with Crippen LogP contribution in [0, 0.1) is 0 Å². The molecule has 0 aliphatic carbocycles. The van der Waals surface area contributed by atoms with Crippen LogP contribution < -0.4 is 4.74 Å². The lowest BCUT2D eigenvalue weighted by atomic mass is 9.99. The summed E-state index contributed by atoms with van der Waals surface area (Å²) >= 11 is 0. The highest BCUT2D eigenvalue weighted by Gasteiger charge is 2.31. The van der Waals surface area contributed by atoms with Crippen LogP contribution in [0.25, 0.3) is 0 Å². The lowest BCUT2D eigenvalue weighted by Crippen LogP contribution is -2.52. The average molecular weight is 397 g/mol. The van der Waals surface area contributed by atoms with E-state index < -0.39 is 9.84 Å². The second kappa shape index (κ2) is 9.55. The fraction of sp³-hybridized carbons (Fsp3) is 0.650. The minimum Gasteiger partial charge on any atom is -0.493 e. The third-order valence-corrected chi connectivity index (χ3v) is 6.12. The summed E-state index contributed by atoms with van der Waals surface area (Å²) in [7, 11) is -1.40. The van der Waals surface area contributed by atoms with Crippen molar-refractivity contribution in [3.8, 4) is 5.75 Å². The number of benzene rings is 1. The summed E-state index contributed by atoms with van der Waals surface area (Å²) in [5.41, 5.74) is 0. The van der Waals surface area contributed by atoms with Gasteiger partial charge in [-0.15, -0.1) is 0 Å². The molecule has 27 heavy (non-hydrogen) atoms. The van der Waals surface area contributed by atoms with E-state index in [2.05, 4.69) is 18.7 Å². The Bertz CT molecular complexity index is 733. The highest BCUT2D eigenvalue weighted by Crippen LogP contribution is 2.21. The molecule has 1 unspecified atom stereocenters. The standard InChI is InChI=1S/C20H32N2O4S/c1-16(2)22-13-6-5-11-19(22)20(23)21(3)12-8-14-26-17-9-7-10-18(15-17)27(4,24)25/h7,9-10,15-16,19H,5-6,8,11-14H2,1-4H3. The van der Waals surface area contributed by atoms with Crippen LogP contribution in [0.3, 0.4) is 0 Å². The highest BCUT2D eigenvalue weighted by atomic mass is 32.2. The molecule has 0 spiro atoms. The number of carbonyl (C=O) groups is 1. The number of hydrogen-bond donors (Lipinski definition) is 0. The zero-order chi connectivity index (χ0) is 20.0. The van der Waals surface area contributed by atoms with Gasteiger partial charge in [-0.05, 0) is 57.9 Å². The summed E-state index contributed by atoms with van der Waals surface area (Å²) in [6.45, 7) is 6.33. The van der Waals surface area contributed by atoms with Gasteiger partial charge in [0.1, 0.15) is 5.75 Å². The van der Waals surface area contributed by atoms with Crippen LogP contribution in [-0.2, 0) is 14.6 Å². The summed E-state index contributed by atoms with van der Waals surface area (Å²) < 4.78 is 28.9. The summed E-state index contributed by atoms with van der Waals surface area (Å²) in [6.07, 6.45) is 5.06. The molecule has 1 aliphatic rings. The minimum absolute atomic E-state index is 0.0175. The summed E-state index contributed by atoms with van der Waals surface area (Å²) in [5, 5.41) is 0. The molecule has 1 fully saturated rings. The SMILES string of the molecule is CC(C)N1CCCCC1C(=O)N(C)CCCOc1cccc(S(C)(=O)=O)c1. The molecule has 0 N–H and O–H groups in total. The lowest BCUT2D eigenvalue weighted by Gasteiger charge is -2.39. The zero-order valence-electron chi connectivity index (χ0n) is 16.8. The average Bonchev–Trinajstić information content (AvgIpc) is 2.64. The molecule has 6 nitrogen and oxygen atoms in total. The number of likely N-dealkylation sites (N-methyl/N-ethyl adjacent to an activating group) is 1. The van der Waals surface area contributed by atoms with Gasteiger partial charge >= 0.3 is 0 Å². The van der Waals surface area contributed by atoms with Crippen molar-refractivity contribution in [2.75, 3.05) is 33.0 Å². The fourth-order valence-electron chi connectivity index (χ4n) is 3.49. The number of rotatable bonds is 8. The molecule has 1 aliphatic heterocycles. The molecule has 1 amide bonds. The maximum Gasteiger partial charge on any atom is 0.239 e. The molecule has 152 valence electrons. The Morgan fingerprint density at radius 2 is 2.07 bits per heavy atom. The van der Waals surface area contributed by atoms with Crippen LogP contribution in [0.15, 0.2) is 29.2 Å². The van der Waals surface area contributed by atoms with Gasteiger partial charge in [-0.1, -0.05) is 12.5 Å². The first-order chi connectivity index (χ1) is 12.7. The van der Waals surface area contributed by atoms with Crippen LogP contribution in [0.2, 0.25) is 0 Å². The van der Waals surface area contributed by atoms with Crippen LogP contribution in [0.4, 0.5) is 0 Å². The number of sulfone groups is 1. The number of hydrogen-bond acceptors (Lipinski definition) is 5. The molecule has 0 aromatic heterocycles. The smallest absolute Gasteiger partial charge is 0.239 e. The molecule has 1 heterocycles. The van der Waals surface area contributed by atoms with Gasteiger partial charge in [0.15, 0.2) is 9.84 Å². The van der Waals surface area contributed by atoms with Crippen molar-refractivity contribution in [3.63, 3.8) is 0 Å². The van der Waals surface area contributed by atoms with Gasteiger partial charge in [-0.25, -0.2) is 8.42 Å².